The summed E-state index contributed by atoms with van der Waals surface area (Å²) in [4.78, 5) is 18.2. The molecule has 0 radical (unpaired) electrons. The molecule has 0 aromatic rings. The monoisotopic (exact) mass is 258 g/mol. The summed E-state index contributed by atoms with van der Waals surface area (Å²) in [5.74, 6) is -3.65. The van der Waals surface area contributed by atoms with Crippen molar-refractivity contribution < 1.29 is 51.7 Å². The molecule has 0 bridgehead atoms. The summed E-state index contributed by atoms with van der Waals surface area (Å²) in [6.07, 6.45) is -0.333. The van der Waals surface area contributed by atoms with Gasteiger partial charge in [-0.2, -0.15) is 0 Å². The molecule has 0 saturated carbocycles. The smallest absolute Gasteiger partial charge is 0.414 e. The molecule has 0 aliphatic heterocycles. The van der Waals surface area contributed by atoms with Gasteiger partial charge in [0.1, 0.15) is 0 Å². The summed E-state index contributed by atoms with van der Waals surface area (Å²) in [6.45, 7) is 6.89. The molecule has 0 unspecified atom stereocenters. The number of aliphatic carboxylic acids is 2. The molecule has 0 atom stereocenters. The van der Waals surface area contributed by atoms with Gasteiger partial charge in [-0.25, -0.2) is 9.59 Å². The molecule has 90 valence electrons. The first kappa shape index (κ1) is 24.0. The fourth-order valence-electron chi connectivity index (χ4n) is 0. The third-order valence-corrected chi connectivity index (χ3v) is 0.183. The fraction of sp³-hybridized carbons (Fsp3) is 0.750. The van der Waals surface area contributed by atoms with E-state index in [1.807, 2.05) is 0 Å². The van der Waals surface area contributed by atoms with Crippen LogP contribution >= 0.6 is 0 Å². The van der Waals surface area contributed by atoms with Crippen LogP contribution in [-0.4, -0.2) is 44.6 Å². The number of aliphatic hydroxyl groups is 2. The number of rotatable bonds is 0. The average molecular weight is 258 g/mol. The van der Waals surface area contributed by atoms with Gasteiger partial charge in [-0.1, -0.05) is 0 Å². The summed E-state index contributed by atoms with van der Waals surface area (Å²) >= 11 is 0. The van der Waals surface area contributed by atoms with Crippen LogP contribution in [0, 0.1) is 0 Å². The predicted octanol–water partition coefficient (Wildman–Crippen LogP) is -0.0727. The van der Waals surface area contributed by atoms with Crippen LogP contribution in [0.5, 0.6) is 0 Å². The van der Waals surface area contributed by atoms with Crippen LogP contribution in [0.15, 0.2) is 0 Å². The Balaban J connectivity index is -0.0000000606. The minimum Gasteiger partial charge on any atom is -0.473 e. The molecule has 0 amide bonds. The van der Waals surface area contributed by atoms with Crippen molar-refractivity contribution in [3.05, 3.63) is 0 Å². The molecule has 0 aliphatic rings. The minimum absolute atomic E-state index is 0. The van der Waals surface area contributed by atoms with E-state index >= 15 is 0 Å². The number of carbonyl (C=O) groups is 2. The Kier molecular flexibility index (Phi) is 25.7. The molecule has 7 heteroatoms. The van der Waals surface area contributed by atoms with Gasteiger partial charge < -0.3 is 20.4 Å². The van der Waals surface area contributed by atoms with E-state index in [9.17, 15) is 0 Å². The molecule has 6 nitrogen and oxygen atoms in total. The maximum atomic E-state index is 9.10. The van der Waals surface area contributed by atoms with Crippen molar-refractivity contribution >= 4 is 11.9 Å². The number of carboxylic acid groups (broad SMARTS) is 2. The molecule has 4 N–H and O–H groups in total. The van der Waals surface area contributed by atoms with Gasteiger partial charge in [0.25, 0.3) is 0 Å². The zero-order valence-electron chi connectivity index (χ0n) is 9.26. The molecular weight excluding hydrogens is 240 g/mol. The van der Waals surface area contributed by atoms with Crippen molar-refractivity contribution in [3.8, 4) is 0 Å². The van der Waals surface area contributed by atoms with Crippen molar-refractivity contribution in [1.82, 2.24) is 0 Å². The summed E-state index contributed by atoms with van der Waals surface area (Å²) in [7, 11) is 0. The molecule has 0 spiro atoms. The van der Waals surface area contributed by atoms with Crippen LogP contribution in [0.4, 0.5) is 0 Å². The molecular formula is C8H18O6Ti. The van der Waals surface area contributed by atoms with Gasteiger partial charge >= 0.3 is 11.9 Å². The first-order valence-electron chi connectivity index (χ1n) is 3.93. The normalized spacial score (nSPS) is 7.73. The van der Waals surface area contributed by atoms with E-state index in [0.29, 0.717) is 0 Å². The third-order valence-electron chi connectivity index (χ3n) is 0.183. The molecule has 0 aromatic carbocycles. The van der Waals surface area contributed by atoms with Gasteiger partial charge in [-0.05, 0) is 27.7 Å². The predicted molar refractivity (Wildman–Crippen MR) is 50.0 cm³/mol. The van der Waals surface area contributed by atoms with Crippen LogP contribution in [0.2, 0.25) is 0 Å². The molecule has 0 fully saturated rings. The number of aliphatic hydroxyl groups excluding tert-OH is 2. The Labute approximate surface area is 104 Å². The van der Waals surface area contributed by atoms with Crippen LogP contribution < -0.4 is 0 Å². The van der Waals surface area contributed by atoms with Crippen LogP contribution in [-0.2, 0) is 31.3 Å². The quantitative estimate of drug-likeness (QED) is 0.357. The molecule has 0 heterocycles. The SMILES string of the molecule is CC(C)O.CC(C)O.O=C(O)C(=O)O.[Ti]. The zero-order chi connectivity index (χ0) is 12.3. The van der Waals surface area contributed by atoms with Crippen molar-refractivity contribution in [2.24, 2.45) is 0 Å². The minimum atomic E-state index is -1.82. The second-order valence-electron chi connectivity index (χ2n) is 2.80. The van der Waals surface area contributed by atoms with E-state index in [1.54, 1.807) is 27.7 Å². The Hall–Kier alpha value is -0.426. The van der Waals surface area contributed by atoms with E-state index in [2.05, 4.69) is 0 Å². The summed E-state index contributed by atoms with van der Waals surface area (Å²) < 4.78 is 0. The van der Waals surface area contributed by atoms with Crippen molar-refractivity contribution in [3.63, 3.8) is 0 Å². The van der Waals surface area contributed by atoms with Gasteiger partial charge in [0, 0.05) is 33.9 Å². The van der Waals surface area contributed by atoms with Crippen LogP contribution in [0.3, 0.4) is 0 Å². The largest absolute Gasteiger partial charge is 0.473 e. The molecule has 15 heavy (non-hydrogen) atoms. The fourth-order valence-corrected chi connectivity index (χ4v) is 0. The maximum Gasteiger partial charge on any atom is 0.414 e. The van der Waals surface area contributed by atoms with Gasteiger partial charge in [-0.15, -0.1) is 0 Å². The van der Waals surface area contributed by atoms with Gasteiger partial charge in [0.15, 0.2) is 0 Å². The van der Waals surface area contributed by atoms with E-state index in [4.69, 9.17) is 30.0 Å². The summed E-state index contributed by atoms with van der Waals surface area (Å²) in [5, 5.41) is 30.9. The van der Waals surface area contributed by atoms with Crippen molar-refractivity contribution in [1.29, 1.82) is 0 Å². The third kappa shape index (κ3) is 142. The Morgan fingerprint density at radius 3 is 0.867 bits per heavy atom. The summed E-state index contributed by atoms with van der Waals surface area (Å²) in [6, 6.07) is 0. The maximum absolute atomic E-state index is 9.10. The van der Waals surface area contributed by atoms with Gasteiger partial charge in [0.2, 0.25) is 0 Å². The topological polar surface area (TPSA) is 115 Å². The first-order valence-corrected chi connectivity index (χ1v) is 3.93. The second kappa shape index (κ2) is 16.0. The Morgan fingerprint density at radius 1 is 0.800 bits per heavy atom. The van der Waals surface area contributed by atoms with Crippen LogP contribution in [0.1, 0.15) is 27.7 Å². The first-order chi connectivity index (χ1) is 6.11. The average Bonchev–Trinajstić information content (AvgIpc) is 1.83. The summed E-state index contributed by atoms with van der Waals surface area (Å²) in [5.41, 5.74) is 0. The Morgan fingerprint density at radius 2 is 0.867 bits per heavy atom. The van der Waals surface area contributed by atoms with E-state index < -0.39 is 11.9 Å². The van der Waals surface area contributed by atoms with Gasteiger partial charge in [-0.3, -0.25) is 0 Å². The molecule has 0 saturated heterocycles. The Bertz CT molecular complexity index is 134. The molecule has 0 aliphatic carbocycles. The standard InChI is InChI=1S/2C3H8O.C2H2O4.Ti/c2*1-3(2)4;3-1(4)2(5)6;/h2*3-4H,1-2H3;(H,3,4)(H,5,6);. The zero-order valence-corrected chi connectivity index (χ0v) is 10.8. The number of hydrogen-bond acceptors (Lipinski definition) is 4. The van der Waals surface area contributed by atoms with Crippen molar-refractivity contribution in [2.75, 3.05) is 0 Å². The van der Waals surface area contributed by atoms with Crippen molar-refractivity contribution in [2.45, 2.75) is 39.9 Å². The van der Waals surface area contributed by atoms with E-state index in [0.717, 1.165) is 0 Å². The molecule has 0 aromatic heterocycles. The number of hydrogen-bond donors (Lipinski definition) is 4. The van der Waals surface area contributed by atoms with E-state index in [-0.39, 0.29) is 33.9 Å². The van der Waals surface area contributed by atoms with E-state index in [1.165, 1.54) is 0 Å². The molecule has 0 rings (SSSR count). The second-order valence-corrected chi connectivity index (χ2v) is 2.80. The number of carboxylic acids is 2. The van der Waals surface area contributed by atoms with Crippen LogP contribution in [0.25, 0.3) is 0 Å². The van der Waals surface area contributed by atoms with Gasteiger partial charge in [0.05, 0.1) is 0 Å².